The molecule has 0 unspecified atom stereocenters. The van der Waals surface area contributed by atoms with Crippen molar-refractivity contribution in [3.63, 3.8) is 0 Å². The number of carboxylic acids is 1. The van der Waals surface area contributed by atoms with Gasteiger partial charge in [0.15, 0.2) is 0 Å². The molecule has 0 saturated heterocycles. The van der Waals surface area contributed by atoms with Crippen LogP contribution in [0.3, 0.4) is 0 Å². The van der Waals surface area contributed by atoms with Crippen LogP contribution in [0, 0.1) is 0 Å². The molecule has 2 rings (SSSR count). The lowest BCUT2D eigenvalue weighted by atomic mass is 10.1. The molecule has 0 aliphatic carbocycles. The first kappa shape index (κ1) is 11.1. The molecule has 0 aliphatic rings. The second kappa shape index (κ2) is 4.65. The number of aryl methyl sites for hydroxylation is 1. The zero-order valence-corrected chi connectivity index (χ0v) is 8.96. The van der Waals surface area contributed by atoms with Gasteiger partial charge in [-0.3, -0.25) is 9.78 Å². The van der Waals surface area contributed by atoms with Gasteiger partial charge in [-0.05, 0) is 12.1 Å². The molecule has 2 aromatic heterocycles. The smallest absolute Gasteiger partial charge is 0.303 e. The van der Waals surface area contributed by atoms with Crippen LogP contribution in [0.15, 0.2) is 28.9 Å². The van der Waals surface area contributed by atoms with Gasteiger partial charge in [-0.15, -0.1) is 0 Å². The van der Waals surface area contributed by atoms with Crippen molar-refractivity contribution in [2.45, 2.75) is 12.8 Å². The highest BCUT2D eigenvalue weighted by atomic mass is 16.5. The van der Waals surface area contributed by atoms with Crippen LogP contribution in [0.5, 0.6) is 0 Å². The maximum Gasteiger partial charge on any atom is 0.303 e. The van der Waals surface area contributed by atoms with E-state index in [1.807, 2.05) is 6.07 Å². The fraction of sp³-hybridized carbons (Fsp3) is 0.182. The molecular formula is C11H11N3O3. The molecule has 88 valence electrons. The van der Waals surface area contributed by atoms with Crippen molar-refractivity contribution in [3.8, 4) is 11.3 Å². The normalized spacial score (nSPS) is 10.4. The minimum absolute atomic E-state index is 0.0220. The van der Waals surface area contributed by atoms with Gasteiger partial charge in [0.2, 0.25) is 5.88 Å². The Morgan fingerprint density at radius 1 is 1.47 bits per heavy atom. The molecule has 2 heterocycles. The standard InChI is InChI=1S/C11H11N3O3/c12-11-10(7-3-1-2-6-13-7)8(14-17-11)4-5-9(15)16/h1-3,6H,4-5,12H2,(H,15,16). The van der Waals surface area contributed by atoms with E-state index in [1.54, 1.807) is 18.3 Å². The Morgan fingerprint density at radius 2 is 2.29 bits per heavy atom. The van der Waals surface area contributed by atoms with Gasteiger partial charge in [-0.25, -0.2) is 0 Å². The van der Waals surface area contributed by atoms with Crippen molar-refractivity contribution in [1.82, 2.24) is 10.1 Å². The number of hydrogen-bond donors (Lipinski definition) is 2. The quantitative estimate of drug-likeness (QED) is 0.825. The van der Waals surface area contributed by atoms with E-state index in [4.69, 9.17) is 15.4 Å². The average molecular weight is 233 g/mol. The van der Waals surface area contributed by atoms with Crippen molar-refractivity contribution < 1.29 is 14.4 Å². The number of anilines is 1. The molecule has 17 heavy (non-hydrogen) atoms. The van der Waals surface area contributed by atoms with Gasteiger partial charge < -0.3 is 15.4 Å². The largest absolute Gasteiger partial charge is 0.481 e. The summed E-state index contributed by atoms with van der Waals surface area (Å²) in [6.07, 6.45) is 1.87. The molecule has 2 aromatic rings. The highest BCUT2D eigenvalue weighted by molar-refractivity contribution is 5.73. The lowest BCUT2D eigenvalue weighted by molar-refractivity contribution is -0.136. The zero-order valence-electron chi connectivity index (χ0n) is 8.96. The van der Waals surface area contributed by atoms with Crippen LogP contribution in [0.1, 0.15) is 12.1 Å². The summed E-state index contributed by atoms with van der Waals surface area (Å²) in [7, 11) is 0. The lowest BCUT2D eigenvalue weighted by Crippen LogP contribution is -1.99. The maximum absolute atomic E-state index is 10.5. The first-order valence-corrected chi connectivity index (χ1v) is 5.05. The molecule has 0 radical (unpaired) electrons. The number of hydrogen-bond acceptors (Lipinski definition) is 5. The number of aromatic nitrogens is 2. The van der Waals surface area contributed by atoms with Crippen molar-refractivity contribution in [1.29, 1.82) is 0 Å². The average Bonchev–Trinajstić information content (AvgIpc) is 2.69. The number of nitrogens with two attached hydrogens (primary N) is 1. The van der Waals surface area contributed by atoms with E-state index in [0.717, 1.165) is 0 Å². The van der Waals surface area contributed by atoms with Gasteiger partial charge >= 0.3 is 5.97 Å². The number of nitrogen functional groups attached to an aromatic ring is 1. The first-order chi connectivity index (χ1) is 8.18. The van der Waals surface area contributed by atoms with Crippen molar-refractivity contribution >= 4 is 11.9 Å². The Bertz CT molecular complexity index is 522. The molecule has 0 aromatic carbocycles. The predicted octanol–water partition coefficient (Wildman–Crippen LogP) is 1.34. The minimum atomic E-state index is -0.890. The summed E-state index contributed by atoms with van der Waals surface area (Å²) in [6, 6.07) is 5.37. The Morgan fingerprint density at radius 3 is 2.94 bits per heavy atom. The highest BCUT2D eigenvalue weighted by Crippen LogP contribution is 2.28. The van der Waals surface area contributed by atoms with E-state index in [0.29, 0.717) is 17.0 Å². The van der Waals surface area contributed by atoms with Crippen LogP contribution in [0.25, 0.3) is 11.3 Å². The summed E-state index contributed by atoms with van der Waals surface area (Å²) in [6.45, 7) is 0. The summed E-state index contributed by atoms with van der Waals surface area (Å²) >= 11 is 0. The summed E-state index contributed by atoms with van der Waals surface area (Å²) in [4.78, 5) is 14.7. The Labute approximate surface area is 97.1 Å². The number of rotatable bonds is 4. The van der Waals surface area contributed by atoms with Crippen molar-refractivity contribution in [2.24, 2.45) is 0 Å². The zero-order chi connectivity index (χ0) is 12.3. The number of carboxylic acid groups (broad SMARTS) is 1. The Kier molecular flexibility index (Phi) is 3.04. The van der Waals surface area contributed by atoms with Gasteiger partial charge in [-0.1, -0.05) is 11.2 Å². The van der Waals surface area contributed by atoms with Crippen molar-refractivity contribution in [3.05, 3.63) is 30.1 Å². The number of aliphatic carboxylic acids is 1. The second-order valence-corrected chi connectivity index (χ2v) is 3.48. The molecule has 0 atom stereocenters. The second-order valence-electron chi connectivity index (χ2n) is 3.48. The van der Waals surface area contributed by atoms with E-state index in [1.165, 1.54) is 0 Å². The summed E-state index contributed by atoms with van der Waals surface area (Å²) in [5.74, 6) is -0.734. The molecule has 3 N–H and O–H groups in total. The molecule has 0 bridgehead atoms. The number of nitrogens with zero attached hydrogens (tertiary/aromatic N) is 2. The van der Waals surface area contributed by atoms with Gasteiger partial charge in [0.25, 0.3) is 0 Å². The van der Waals surface area contributed by atoms with Crippen LogP contribution in [-0.4, -0.2) is 21.2 Å². The fourth-order valence-corrected chi connectivity index (χ4v) is 1.52. The third-order valence-electron chi connectivity index (χ3n) is 2.29. The SMILES string of the molecule is Nc1onc(CCC(=O)O)c1-c1ccccn1. The molecule has 0 aliphatic heterocycles. The third kappa shape index (κ3) is 2.41. The fourth-order valence-electron chi connectivity index (χ4n) is 1.52. The van der Waals surface area contributed by atoms with Crippen LogP contribution in [0.2, 0.25) is 0 Å². The molecule has 0 fully saturated rings. The van der Waals surface area contributed by atoms with E-state index in [-0.39, 0.29) is 18.7 Å². The Hall–Kier alpha value is -2.37. The molecular weight excluding hydrogens is 222 g/mol. The van der Waals surface area contributed by atoms with E-state index in [9.17, 15) is 4.79 Å². The van der Waals surface area contributed by atoms with E-state index in [2.05, 4.69) is 10.1 Å². The van der Waals surface area contributed by atoms with Crippen LogP contribution >= 0.6 is 0 Å². The third-order valence-corrected chi connectivity index (χ3v) is 2.29. The van der Waals surface area contributed by atoms with Gasteiger partial charge in [0.1, 0.15) is 0 Å². The molecule has 0 saturated carbocycles. The minimum Gasteiger partial charge on any atom is -0.481 e. The topological polar surface area (TPSA) is 102 Å². The summed E-state index contributed by atoms with van der Waals surface area (Å²) in [5, 5.41) is 12.4. The molecule has 6 heteroatoms. The monoisotopic (exact) mass is 233 g/mol. The number of carbonyl (C=O) groups is 1. The van der Waals surface area contributed by atoms with E-state index < -0.39 is 5.97 Å². The molecule has 0 amide bonds. The highest BCUT2D eigenvalue weighted by Gasteiger charge is 2.17. The predicted molar refractivity (Wildman–Crippen MR) is 60.1 cm³/mol. The maximum atomic E-state index is 10.5. The van der Waals surface area contributed by atoms with Gasteiger partial charge in [-0.2, -0.15) is 0 Å². The molecule has 6 nitrogen and oxygen atoms in total. The molecule has 0 spiro atoms. The number of pyridine rings is 1. The van der Waals surface area contributed by atoms with Gasteiger partial charge in [0, 0.05) is 12.6 Å². The van der Waals surface area contributed by atoms with Crippen LogP contribution in [-0.2, 0) is 11.2 Å². The van der Waals surface area contributed by atoms with E-state index >= 15 is 0 Å². The van der Waals surface area contributed by atoms with Gasteiger partial charge in [0.05, 0.1) is 23.4 Å². The lowest BCUT2D eigenvalue weighted by Gasteiger charge is -1.99. The first-order valence-electron chi connectivity index (χ1n) is 5.05. The van der Waals surface area contributed by atoms with Crippen LogP contribution in [0.4, 0.5) is 5.88 Å². The summed E-state index contributed by atoms with van der Waals surface area (Å²) in [5.41, 5.74) is 7.39. The van der Waals surface area contributed by atoms with Crippen molar-refractivity contribution in [2.75, 3.05) is 5.73 Å². The van der Waals surface area contributed by atoms with Crippen LogP contribution < -0.4 is 5.73 Å². The summed E-state index contributed by atoms with van der Waals surface area (Å²) < 4.78 is 4.88. The Balaban J connectivity index is 2.33.